The van der Waals surface area contributed by atoms with Crippen LogP contribution in [0.15, 0.2) is 0 Å². The zero-order valence-corrected chi connectivity index (χ0v) is 12.5. The van der Waals surface area contributed by atoms with Crippen molar-refractivity contribution < 1.29 is 9.53 Å². The van der Waals surface area contributed by atoms with E-state index in [0.717, 1.165) is 28.6 Å². The van der Waals surface area contributed by atoms with E-state index >= 15 is 0 Å². The smallest absolute Gasteiger partial charge is 0.315 e. The highest BCUT2D eigenvalue weighted by atomic mass is 32.1. The summed E-state index contributed by atoms with van der Waals surface area (Å²) in [5.74, 6) is 0.812. The first-order valence-corrected chi connectivity index (χ1v) is 7.91. The molecule has 2 aromatic rings. The summed E-state index contributed by atoms with van der Waals surface area (Å²) in [7, 11) is 0. The molecule has 6 nitrogen and oxygen atoms in total. The van der Waals surface area contributed by atoms with Crippen LogP contribution in [0.25, 0.3) is 4.96 Å². The molecule has 108 valence electrons. The van der Waals surface area contributed by atoms with Gasteiger partial charge in [-0.25, -0.2) is 0 Å². The summed E-state index contributed by atoms with van der Waals surface area (Å²) in [5.41, 5.74) is 0. The molecule has 1 saturated carbocycles. The molecule has 0 bridgehead atoms. The van der Waals surface area contributed by atoms with Crippen molar-refractivity contribution in [3.05, 3.63) is 10.8 Å². The Kier molecular flexibility index (Phi) is 3.69. The molecule has 1 atom stereocenters. The molecule has 1 aliphatic carbocycles. The lowest BCUT2D eigenvalue weighted by molar-refractivity contribution is -0.144. The van der Waals surface area contributed by atoms with Gasteiger partial charge in [0.25, 0.3) is 0 Å². The summed E-state index contributed by atoms with van der Waals surface area (Å²) in [6.45, 7) is 4.01. The average Bonchev–Trinajstić information content (AvgIpc) is 3.13. The Morgan fingerprint density at radius 3 is 2.90 bits per heavy atom. The van der Waals surface area contributed by atoms with Crippen LogP contribution < -0.4 is 0 Å². The molecule has 20 heavy (non-hydrogen) atoms. The van der Waals surface area contributed by atoms with Crippen molar-refractivity contribution >= 4 is 22.3 Å². The Bertz CT molecular complexity index is 615. The molecule has 1 fully saturated rings. The van der Waals surface area contributed by atoms with Gasteiger partial charge < -0.3 is 4.74 Å². The molecule has 0 aliphatic heterocycles. The highest BCUT2D eigenvalue weighted by molar-refractivity contribution is 7.16. The summed E-state index contributed by atoms with van der Waals surface area (Å²) in [4.78, 5) is 12.5. The fraction of sp³-hybridized carbons (Fsp3) is 0.692. The molecule has 1 aliphatic rings. The van der Waals surface area contributed by atoms with E-state index in [0.29, 0.717) is 12.5 Å². The Morgan fingerprint density at radius 1 is 1.45 bits per heavy atom. The third kappa shape index (κ3) is 2.30. The van der Waals surface area contributed by atoms with Crippen LogP contribution in [0.4, 0.5) is 0 Å². The molecule has 2 heterocycles. The minimum absolute atomic E-state index is 0.236. The van der Waals surface area contributed by atoms with E-state index in [1.807, 2.05) is 11.4 Å². The lowest BCUT2D eigenvalue weighted by atomic mass is 10.1. The van der Waals surface area contributed by atoms with Gasteiger partial charge in [-0.15, -0.1) is 10.2 Å². The van der Waals surface area contributed by atoms with Crippen molar-refractivity contribution in [1.29, 1.82) is 0 Å². The molecule has 7 heteroatoms. The van der Waals surface area contributed by atoms with Crippen molar-refractivity contribution in [1.82, 2.24) is 19.8 Å². The van der Waals surface area contributed by atoms with Gasteiger partial charge in [0.05, 0.1) is 6.61 Å². The van der Waals surface area contributed by atoms with Crippen molar-refractivity contribution in [2.45, 2.75) is 51.4 Å². The summed E-state index contributed by atoms with van der Waals surface area (Å²) in [5, 5.41) is 13.7. The maximum absolute atomic E-state index is 11.8. The van der Waals surface area contributed by atoms with Crippen LogP contribution in [0.2, 0.25) is 0 Å². The van der Waals surface area contributed by atoms with Crippen LogP contribution in [0.3, 0.4) is 0 Å². The number of carbonyl (C=O) groups is 1. The number of ether oxygens (including phenoxy) is 1. The predicted molar refractivity (Wildman–Crippen MR) is 74.9 cm³/mol. The second-order valence-corrected chi connectivity index (χ2v) is 6.14. The third-order valence-electron chi connectivity index (χ3n) is 3.76. The van der Waals surface area contributed by atoms with E-state index in [-0.39, 0.29) is 11.9 Å². The predicted octanol–water partition coefficient (Wildman–Crippen LogP) is 2.51. The van der Waals surface area contributed by atoms with E-state index in [9.17, 15) is 4.79 Å². The largest absolute Gasteiger partial charge is 0.465 e. The van der Waals surface area contributed by atoms with Gasteiger partial charge in [0.15, 0.2) is 5.82 Å². The zero-order chi connectivity index (χ0) is 14.1. The van der Waals surface area contributed by atoms with E-state index in [1.54, 1.807) is 6.92 Å². The molecule has 0 radical (unpaired) electrons. The molecule has 0 N–H and O–H groups in total. The minimum Gasteiger partial charge on any atom is -0.465 e. The Hall–Kier alpha value is -1.50. The first kappa shape index (κ1) is 13.5. The standard InChI is InChI=1S/C13H18N4O2S/c1-3-19-12(18)8(2)11-16-17-10(9-6-4-5-7-9)14-15-13(17)20-11/h8-9H,3-7H2,1-2H3. The van der Waals surface area contributed by atoms with E-state index in [2.05, 4.69) is 15.3 Å². The van der Waals surface area contributed by atoms with Crippen LogP contribution in [0.5, 0.6) is 0 Å². The van der Waals surface area contributed by atoms with Gasteiger partial charge in [-0.2, -0.15) is 9.61 Å². The number of nitrogens with zero attached hydrogens (tertiary/aromatic N) is 4. The summed E-state index contributed by atoms with van der Waals surface area (Å²) < 4.78 is 6.85. The SMILES string of the molecule is CCOC(=O)C(C)c1nn2c(C3CCCC3)nnc2s1. The maximum atomic E-state index is 11.8. The van der Waals surface area contributed by atoms with Gasteiger partial charge in [-0.1, -0.05) is 24.2 Å². The molecule has 0 spiro atoms. The number of fused-ring (bicyclic) bond motifs is 1. The molecule has 3 rings (SSSR count). The van der Waals surface area contributed by atoms with Gasteiger partial charge in [-0.05, 0) is 26.7 Å². The zero-order valence-electron chi connectivity index (χ0n) is 11.7. The topological polar surface area (TPSA) is 69.4 Å². The number of carbonyl (C=O) groups excluding carboxylic acids is 1. The Labute approximate surface area is 121 Å². The number of hydrogen-bond donors (Lipinski definition) is 0. The highest BCUT2D eigenvalue weighted by Gasteiger charge is 2.26. The first-order valence-electron chi connectivity index (χ1n) is 7.09. The summed E-state index contributed by atoms with van der Waals surface area (Å²) >= 11 is 1.42. The minimum atomic E-state index is -0.349. The Morgan fingerprint density at radius 2 is 2.20 bits per heavy atom. The third-order valence-corrected chi connectivity index (χ3v) is 4.84. The number of esters is 1. The first-order chi connectivity index (χ1) is 9.70. The molecule has 0 aromatic carbocycles. The monoisotopic (exact) mass is 294 g/mol. The number of hydrogen-bond acceptors (Lipinski definition) is 6. The van der Waals surface area contributed by atoms with E-state index in [4.69, 9.17) is 4.74 Å². The van der Waals surface area contributed by atoms with Crippen molar-refractivity contribution in [2.24, 2.45) is 0 Å². The van der Waals surface area contributed by atoms with Crippen LogP contribution in [-0.4, -0.2) is 32.4 Å². The Balaban J connectivity index is 1.89. The molecule has 0 saturated heterocycles. The van der Waals surface area contributed by atoms with Crippen molar-refractivity contribution in [3.63, 3.8) is 0 Å². The second-order valence-electron chi connectivity index (χ2n) is 5.15. The second kappa shape index (κ2) is 5.47. The molecule has 1 unspecified atom stereocenters. The molecular weight excluding hydrogens is 276 g/mol. The van der Waals surface area contributed by atoms with Crippen LogP contribution in [-0.2, 0) is 9.53 Å². The quantitative estimate of drug-likeness (QED) is 0.810. The summed E-state index contributed by atoms with van der Waals surface area (Å²) in [6, 6.07) is 0. The lowest BCUT2D eigenvalue weighted by Gasteiger charge is -2.06. The maximum Gasteiger partial charge on any atom is 0.315 e. The number of rotatable bonds is 4. The van der Waals surface area contributed by atoms with Gasteiger partial charge in [0.2, 0.25) is 4.96 Å². The fourth-order valence-electron chi connectivity index (χ4n) is 2.63. The van der Waals surface area contributed by atoms with Crippen molar-refractivity contribution in [2.75, 3.05) is 6.61 Å². The normalized spacial score (nSPS) is 17.7. The summed E-state index contributed by atoms with van der Waals surface area (Å²) in [6.07, 6.45) is 4.80. The fourth-order valence-corrected chi connectivity index (χ4v) is 3.51. The highest BCUT2D eigenvalue weighted by Crippen LogP contribution is 2.34. The van der Waals surface area contributed by atoms with Gasteiger partial charge in [0.1, 0.15) is 10.9 Å². The average molecular weight is 294 g/mol. The van der Waals surface area contributed by atoms with Gasteiger partial charge in [0, 0.05) is 5.92 Å². The lowest BCUT2D eigenvalue weighted by Crippen LogP contribution is -2.13. The molecule has 0 amide bonds. The molecular formula is C13H18N4O2S. The van der Waals surface area contributed by atoms with Gasteiger partial charge in [-0.3, -0.25) is 4.79 Å². The van der Waals surface area contributed by atoms with Crippen LogP contribution >= 0.6 is 11.3 Å². The molecule has 2 aromatic heterocycles. The van der Waals surface area contributed by atoms with Gasteiger partial charge >= 0.3 is 5.97 Å². The number of aromatic nitrogens is 4. The van der Waals surface area contributed by atoms with E-state index in [1.165, 1.54) is 24.2 Å². The van der Waals surface area contributed by atoms with E-state index < -0.39 is 0 Å². The van der Waals surface area contributed by atoms with Crippen LogP contribution in [0.1, 0.15) is 62.2 Å². The van der Waals surface area contributed by atoms with Crippen LogP contribution in [0, 0.1) is 0 Å². The van der Waals surface area contributed by atoms with Crippen molar-refractivity contribution in [3.8, 4) is 0 Å².